The van der Waals surface area contributed by atoms with Crippen LogP contribution in [0.3, 0.4) is 0 Å². The summed E-state index contributed by atoms with van der Waals surface area (Å²) in [5, 5.41) is 10.7. The van der Waals surface area contributed by atoms with E-state index in [1.165, 1.54) is 11.6 Å². The van der Waals surface area contributed by atoms with E-state index >= 15 is 0 Å². The average Bonchev–Trinajstić information content (AvgIpc) is 2.72. The Kier molecular flexibility index (Phi) is 10.6. The van der Waals surface area contributed by atoms with Crippen LogP contribution in [-0.2, 0) is 24.9 Å². The van der Waals surface area contributed by atoms with Gasteiger partial charge in [-0.3, -0.25) is 14.8 Å². The SMILES string of the molecule is CC(C)(C)C(=O)/C=C(\O)C(C)(C)C.Cc1[c-]c(-c2nc(C)c3ccccc3n2)cc(C(C)C)c1.[Ir]. The van der Waals surface area contributed by atoms with E-state index in [4.69, 9.17) is 4.98 Å². The van der Waals surface area contributed by atoms with E-state index in [0.717, 1.165) is 33.5 Å². The van der Waals surface area contributed by atoms with E-state index in [2.05, 4.69) is 50.0 Å². The largest absolute Gasteiger partial charge is 0.512 e. The van der Waals surface area contributed by atoms with Crippen molar-refractivity contribution in [2.24, 2.45) is 10.8 Å². The van der Waals surface area contributed by atoms with Gasteiger partial charge in [0.15, 0.2) is 5.78 Å². The van der Waals surface area contributed by atoms with Crippen LogP contribution in [0, 0.1) is 30.7 Å². The zero-order chi connectivity index (χ0) is 25.8. The summed E-state index contributed by atoms with van der Waals surface area (Å²) in [6, 6.07) is 15.9. The summed E-state index contributed by atoms with van der Waals surface area (Å²) in [6.45, 7) is 19.6. The third kappa shape index (κ3) is 8.66. The van der Waals surface area contributed by atoms with Crippen molar-refractivity contribution < 1.29 is 30.0 Å². The van der Waals surface area contributed by atoms with Gasteiger partial charge in [-0.05, 0) is 18.9 Å². The molecule has 191 valence electrons. The summed E-state index contributed by atoms with van der Waals surface area (Å²) in [4.78, 5) is 20.9. The molecule has 0 bridgehead atoms. The molecule has 3 rings (SSSR count). The van der Waals surface area contributed by atoms with Gasteiger partial charge in [-0.15, -0.1) is 34.9 Å². The summed E-state index contributed by atoms with van der Waals surface area (Å²) in [7, 11) is 0. The van der Waals surface area contributed by atoms with E-state index in [0.29, 0.717) is 5.92 Å². The molecule has 4 nitrogen and oxygen atoms in total. The van der Waals surface area contributed by atoms with Gasteiger partial charge in [0.2, 0.25) is 0 Å². The molecule has 2 aromatic carbocycles. The van der Waals surface area contributed by atoms with Gasteiger partial charge in [-0.25, -0.2) is 0 Å². The van der Waals surface area contributed by atoms with Crippen molar-refractivity contribution in [3.05, 3.63) is 71.1 Å². The van der Waals surface area contributed by atoms with Gasteiger partial charge in [0.25, 0.3) is 0 Å². The van der Waals surface area contributed by atoms with Crippen LogP contribution in [0.25, 0.3) is 22.3 Å². The predicted molar refractivity (Wildman–Crippen MR) is 142 cm³/mol. The Morgan fingerprint density at radius 1 is 0.971 bits per heavy atom. The van der Waals surface area contributed by atoms with Gasteiger partial charge >= 0.3 is 0 Å². The van der Waals surface area contributed by atoms with Crippen molar-refractivity contribution in [2.75, 3.05) is 0 Å². The van der Waals surface area contributed by atoms with Gasteiger partial charge in [-0.1, -0.05) is 80.5 Å². The fourth-order valence-corrected chi connectivity index (χ4v) is 3.11. The number of allylic oxidation sites excluding steroid dienone is 2. The zero-order valence-electron chi connectivity index (χ0n) is 22.7. The summed E-state index contributed by atoms with van der Waals surface area (Å²) >= 11 is 0. The van der Waals surface area contributed by atoms with Gasteiger partial charge in [0.1, 0.15) is 5.76 Å². The van der Waals surface area contributed by atoms with Crippen LogP contribution in [0.1, 0.15) is 78.1 Å². The Morgan fingerprint density at radius 3 is 2.11 bits per heavy atom. The third-order valence-corrected chi connectivity index (χ3v) is 5.50. The maximum Gasteiger partial charge on any atom is 0.164 e. The molecule has 1 radical (unpaired) electrons. The van der Waals surface area contributed by atoms with Gasteiger partial charge in [0.05, 0.1) is 11.3 Å². The summed E-state index contributed by atoms with van der Waals surface area (Å²) in [5.74, 6) is 1.35. The van der Waals surface area contributed by atoms with E-state index in [1.54, 1.807) is 0 Å². The molecule has 35 heavy (non-hydrogen) atoms. The molecular weight excluding hydrogens is 613 g/mol. The number of aromatic nitrogens is 2. The molecule has 0 aliphatic rings. The Morgan fingerprint density at radius 2 is 1.57 bits per heavy atom. The van der Waals surface area contributed by atoms with Crippen molar-refractivity contribution in [3.63, 3.8) is 0 Å². The molecule has 1 N–H and O–H groups in total. The van der Waals surface area contributed by atoms with Crippen molar-refractivity contribution >= 4 is 16.7 Å². The van der Waals surface area contributed by atoms with Crippen LogP contribution >= 0.6 is 0 Å². The second-order valence-corrected chi connectivity index (χ2v) is 11.2. The number of aryl methyl sites for hydroxylation is 2. The monoisotopic (exact) mass is 652 g/mol. The minimum atomic E-state index is -0.417. The van der Waals surface area contributed by atoms with Crippen molar-refractivity contribution in [3.8, 4) is 11.4 Å². The maximum atomic E-state index is 11.5. The minimum Gasteiger partial charge on any atom is -0.512 e. The maximum absolute atomic E-state index is 11.5. The predicted octanol–water partition coefficient (Wildman–Crippen LogP) is 7.92. The van der Waals surface area contributed by atoms with Gasteiger partial charge in [0, 0.05) is 48.1 Å². The Bertz CT molecular complexity index is 1200. The Balaban J connectivity index is 0.000000383. The summed E-state index contributed by atoms with van der Waals surface area (Å²) < 4.78 is 0. The second-order valence-electron chi connectivity index (χ2n) is 11.2. The quantitative estimate of drug-likeness (QED) is 0.178. The first kappa shape index (κ1) is 30.7. The molecule has 0 saturated carbocycles. The van der Waals surface area contributed by atoms with Crippen molar-refractivity contribution in [1.29, 1.82) is 0 Å². The standard InChI is InChI=1S/C19H19N2.C11H20O2.Ir/c1-12(2)15-9-13(3)10-16(11-15)19-20-14(4)17-7-5-6-8-18(17)21-19;1-10(2,3)8(12)7-9(13)11(4,5)6;/h5-9,11-12H,1-4H3;7,12H,1-6H3;/q-1;;/b;8-7-;. The molecule has 0 atom stereocenters. The van der Waals surface area contributed by atoms with Crippen LogP contribution in [0.4, 0.5) is 0 Å². The van der Waals surface area contributed by atoms with Crippen LogP contribution in [-0.4, -0.2) is 20.9 Å². The topological polar surface area (TPSA) is 63.1 Å². The van der Waals surface area contributed by atoms with Gasteiger partial charge in [-0.2, -0.15) is 0 Å². The van der Waals surface area contributed by atoms with Crippen LogP contribution in [0.15, 0.2) is 48.2 Å². The third-order valence-electron chi connectivity index (χ3n) is 5.50. The number of aliphatic hydroxyl groups excluding tert-OH is 1. The number of nitrogens with zero attached hydrogens (tertiary/aromatic N) is 2. The number of hydrogen-bond donors (Lipinski definition) is 1. The number of ketones is 1. The fourth-order valence-electron chi connectivity index (χ4n) is 3.11. The number of fused-ring (bicyclic) bond motifs is 1. The first-order chi connectivity index (χ1) is 15.6. The molecule has 1 aromatic heterocycles. The average molecular weight is 652 g/mol. The first-order valence-electron chi connectivity index (χ1n) is 11.8. The number of aliphatic hydroxyl groups is 1. The smallest absolute Gasteiger partial charge is 0.164 e. The molecular formula is C30H39IrN2O2-. The number of para-hydroxylation sites is 1. The summed E-state index contributed by atoms with van der Waals surface area (Å²) in [5.41, 5.74) is 4.64. The number of hydrogen-bond acceptors (Lipinski definition) is 4. The van der Waals surface area contributed by atoms with E-state index in [1.807, 2.05) is 66.7 Å². The molecule has 0 spiro atoms. The molecule has 0 aliphatic heterocycles. The minimum absolute atomic E-state index is 0. The van der Waals surface area contributed by atoms with Crippen molar-refractivity contribution in [2.45, 2.75) is 75.2 Å². The zero-order valence-corrected chi connectivity index (χ0v) is 25.1. The van der Waals surface area contributed by atoms with E-state index in [9.17, 15) is 9.90 Å². The Labute approximate surface area is 224 Å². The molecule has 3 aromatic rings. The Hall–Kier alpha value is -2.36. The normalized spacial score (nSPS) is 12.1. The number of carbonyl (C=O) groups is 1. The number of rotatable bonds is 3. The van der Waals surface area contributed by atoms with Crippen LogP contribution < -0.4 is 0 Å². The molecule has 0 unspecified atom stereocenters. The molecule has 0 amide bonds. The van der Waals surface area contributed by atoms with Crippen LogP contribution in [0.2, 0.25) is 0 Å². The fraction of sp³-hybridized carbons (Fsp3) is 0.433. The molecule has 0 aliphatic carbocycles. The van der Waals surface area contributed by atoms with Crippen LogP contribution in [0.5, 0.6) is 0 Å². The van der Waals surface area contributed by atoms with E-state index < -0.39 is 5.41 Å². The molecule has 0 saturated heterocycles. The molecule has 1 heterocycles. The number of carbonyl (C=O) groups excluding carboxylic acids is 1. The first-order valence-corrected chi connectivity index (χ1v) is 11.8. The second kappa shape index (κ2) is 12.1. The molecule has 5 heteroatoms. The van der Waals surface area contributed by atoms with Crippen molar-refractivity contribution in [1.82, 2.24) is 9.97 Å². The molecule has 0 fully saturated rings. The summed E-state index contributed by atoms with van der Waals surface area (Å²) in [6.07, 6.45) is 1.33. The van der Waals surface area contributed by atoms with Gasteiger partial charge < -0.3 is 5.11 Å². The van der Waals surface area contributed by atoms with E-state index in [-0.39, 0.29) is 37.1 Å². The number of benzene rings is 2.